The van der Waals surface area contributed by atoms with E-state index >= 15 is 0 Å². The Morgan fingerprint density at radius 2 is 1.86 bits per heavy atom. The van der Waals surface area contributed by atoms with Crippen molar-refractivity contribution < 1.29 is 9.53 Å². The van der Waals surface area contributed by atoms with Crippen LogP contribution in [-0.2, 0) is 31.8 Å². The zero-order chi connectivity index (χ0) is 40.3. The van der Waals surface area contributed by atoms with Crippen molar-refractivity contribution in [1.29, 1.82) is 0 Å². The van der Waals surface area contributed by atoms with E-state index in [0.29, 0.717) is 30.3 Å². The number of amides is 1. The Hall–Kier alpha value is -5.09. The minimum absolute atomic E-state index is 0.00768. The number of ether oxygens (including phenoxy) is 1. The maximum atomic E-state index is 13.5. The van der Waals surface area contributed by atoms with Crippen LogP contribution in [0.2, 0.25) is 5.02 Å². The highest BCUT2D eigenvalue weighted by atomic mass is 35.5. The van der Waals surface area contributed by atoms with Gasteiger partial charge in [-0.3, -0.25) is 14.5 Å². The Balaban J connectivity index is 1.19. The summed E-state index contributed by atoms with van der Waals surface area (Å²) in [5.41, 5.74) is 14.2. The van der Waals surface area contributed by atoms with Gasteiger partial charge in [0.15, 0.2) is 0 Å². The number of rotatable bonds is 10. The first-order chi connectivity index (χ1) is 27.3. The molecule has 0 saturated carbocycles. The summed E-state index contributed by atoms with van der Waals surface area (Å²) < 4.78 is 13.0. The van der Waals surface area contributed by atoms with E-state index in [2.05, 4.69) is 70.4 Å². The van der Waals surface area contributed by atoms with Gasteiger partial charge in [0.05, 0.1) is 39.4 Å². The fourth-order valence-electron chi connectivity index (χ4n) is 8.90. The fourth-order valence-corrected chi connectivity index (χ4v) is 9.28. The fraction of sp³-hybridized carbons (Fsp3) is 0.326. The van der Waals surface area contributed by atoms with Crippen LogP contribution in [0.5, 0.6) is 0 Å². The number of carbonyl (C=O) groups excluding carboxylic acids is 1. The van der Waals surface area contributed by atoms with Crippen molar-refractivity contribution in [3.05, 3.63) is 129 Å². The molecule has 1 unspecified atom stereocenters. The van der Waals surface area contributed by atoms with Crippen LogP contribution in [0.1, 0.15) is 78.2 Å². The highest BCUT2D eigenvalue weighted by Crippen LogP contribution is 2.48. The molecule has 9 nitrogen and oxygen atoms in total. The molecule has 2 aromatic carbocycles. The maximum absolute atomic E-state index is 13.5. The number of anilines is 1. The van der Waals surface area contributed by atoms with Gasteiger partial charge in [0.25, 0.3) is 5.91 Å². The standard InChI is InChI=1S/C46H49Cl2N7O2/c1-26-19-34(20-27(2)43(26)48)57-18-10-12-35-36-14-15-38(47)42(41-29(4)51-53(8)30(41)5)45(36)55-28(3)24-54(31(6)44(35)55)40-25-52(7)39-16-13-33(21-37(39)40)46(56)50-23-32-11-9-17-49-22-32/h9,11,13-17,19,21-22,25,28,34H,6,10,12,18,20,23-24H2,1-5,7-8H3,(H,50,56)/t28-,34?/m1/s1. The molecule has 0 bridgehead atoms. The van der Waals surface area contributed by atoms with Crippen LogP contribution in [0, 0.1) is 13.8 Å². The van der Waals surface area contributed by atoms with Gasteiger partial charge in [0.2, 0.25) is 0 Å². The third kappa shape index (κ3) is 6.89. The minimum Gasteiger partial charge on any atom is -0.374 e. The zero-order valence-corrected chi connectivity index (χ0v) is 35.2. The van der Waals surface area contributed by atoms with Crippen molar-refractivity contribution in [3.63, 3.8) is 0 Å². The second kappa shape index (κ2) is 15.3. The lowest BCUT2D eigenvalue weighted by atomic mass is 9.98. The maximum Gasteiger partial charge on any atom is 0.251 e. The smallest absolute Gasteiger partial charge is 0.251 e. The van der Waals surface area contributed by atoms with Crippen LogP contribution < -0.4 is 10.2 Å². The molecule has 1 N–H and O–H groups in total. The Morgan fingerprint density at radius 3 is 2.58 bits per heavy atom. The van der Waals surface area contributed by atoms with E-state index in [4.69, 9.17) is 39.6 Å². The number of aromatic nitrogens is 5. The molecule has 0 spiro atoms. The number of hydrogen-bond acceptors (Lipinski definition) is 5. The van der Waals surface area contributed by atoms with Crippen molar-refractivity contribution in [2.75, 3.05) is 18.1 Å². The van der Waals surface area contributed by atoms with Crippen molar-refractivity contribution in [3.8, 4) is 11.1 Å². The second-order valence-electron chi connectivity index (χ2n) is 15.7. The van der Waals surface area contributed by atoms with Gasteiger partial charge in [-0.15, -0.1) is 0 Å². The molecular formula is C46H49Cl2N7O2. The average Bonchev–Trinajstić information content (AvgIpc) is 3.80. The minimum atomic E-state index is -0.135. The van der Waals surface area contributed by atoms with Gasteiger partial charge in [-0.05, 0) is 101 Å². The van der Waals surface area contributed by atoms with Crippen LogP contribution in [0.25, 0.3) is 38.6 Å². The largest absolute Gasteiger partial charge is 0.374 e. The van der Waals surface area contributed by atoms with Gasteiger partial charge < -0.3 is 24.1 Å². The molecule has 0 saturated heterocycles. The SMILES string of the molecule is C=C1c2c(CCCOC3C=C(C)C(Cl)=C(C)C3)c3ccc(Cl)c(-c4c(C)nn(C)c4C)c3n2[C@H](C)CN1c1cn(C)c2ccc(C(=O)NCc3cccnc3)cc12. The van der Waals surface area contributed by atoms with Gasteiger partial charge in [-0.2, -0.15) is 5.10 Å². The topological polar surface area (TPSA) is 82.1 Å². The molecule has 6 aromatic rings. The van der Waals surface area contributed by atoms with E-state index in [1.165, 1.54) is 5.56 Å². The molecule has 0 radical (unpaired) electrons. The molecule has 11 heteroatoms. The molecule has 0 fully saturated rings. The number of nitrogens with zero attached hydrogens (tertiary/aromatic N) is 6. The summed E-state index contributed by atoms with van der Waals surface area (Å²) in [6.45, 7) is 17.1. The van der Waals surface area contributed by atoms with Crippen molar-refractivity contribution >= 4 is 62.3 Å². The number of halogens is 2. The number of benzene rings is 2. The summed E-state index contributed by atoms with van der Waals surface area (Å²) in [7, 11) is 4.03. The predicted octanol–water partition coefficient (Wildman–Crippen LogP) is 10.4. The van der Waals surface area contributed by atoms with Crippen LogP contribution in [0.15, 0.2) is 89.9 Å². The third-order valence-electron chi connectivity index (χ3n) is 11.7. The molecule has 57 heavy (non-hydrogen) atoms. The molecule has 1 amide bonds. The van der Waals surface area contributed by atoms with E-state index in [9.17, 15) is 4.79 Å². The van der Waals surface area contributed by atoms with Crippen LogP contribution in [0.4, 0.5) is 5.69 Å². The molecule has 1 aliphatic carbocycles. The highest BCUT2D eigenvalue weighted by Gasteiger charge is 2.35. The Bertz CT molecular complexity index is 2650. The van der Waals surface area contributed by atoms with E-state index < -0.39 is 0 Å². The first-order valence-corrected chi connectivity index (χ1v) is 20.3. The van der Waals surface area contributed by atoms with E-state index in [1.54, 1.807) is 12.4 Å². The first kappa shape index (κ1) is 38.8. The van der Waals surface area contributed by atoms with Crippen LogP contribution in [0.3, 0.4) is 0 Å². The average molecular weight is 803 g/mol. The number of pyridine rings is 1. The first-order valence-electron chi connectivity index (χ1n) is 19.6. The van der Waals surface area contributed by atoms with Crippen molar-refractivity contribution in [2.45, 2.75) is 72.6 Å². The third-order valence-corrected chi connectivity index (χ3v) is 12.7. The molecule has 2 aliphatic rings. The lowest BCUT2D eigenvalue weighted by Gasteiger charge is -2.37. The molecule has 4 aromatic heterocycles. The van der Waals surface area contributed by atoms with E-state index in [0.717, 1.165) is 102 Å². The summed E-state index contributed by atoms with van der Waals surface area (Å²) >= 11 is 13.7. The van der Waals surface area contributed by atoms with Crippen LogP contribution in [-0.4, -0.2) is 49.1 Å². The van der Waals surface area contributed by atoms with Gasteiger partial charge in [-0.1, -0.05) is 53.6 Å². The normalized spacial score (nSPS) is 17.2. The highest BCUT2D eigenvalue weighted by molar-refractivity contribution is 6.35. The number of fused-ring (bicyclic) bond motifs is 4. The summed E-state index contributed by atoms with van der Waals surface area (Å²) in [6, 6.07) is 14.0. The lowest BCUT2D eigenvalue weighted by Crippen LogP contribution is -2.35. The molecule has 8 rings (SSSR count). The van der Waals surface area contributed by atoms with E-state index in [-0.39, 0.29) is 18.1 Å². The zero-order valence-electron chi connectivity index (χ0n) is 33.7. The number of aryl methyl sites for hydroxylation is 4. The summed E-state index contributed by atoms with van der Waals surface area (Å²) in [4.78, 5) is 20.0. The molecular weight excluding hydrogens is 753 g/mol. The van der Waals surface area contributed by atoms with Gasteiger partial charge in [-0.25, -0.2) is 0 Å². The Labute approximate surface area is 344 Å². The number of nitrogens with one attached hydrogen (secondary N) is 1. The summed E-state index contributed by atoms with van der Waals surface area (Å²) in [6.07, 6.45) is 10.2. The van der Waals surface area contributed by atoms with Crippen molar-refractivity contribution in [2.24, 2.45) is 14.1 Å². The Morgan fingerprint density at radius 1 is 1.05 bits per heavy atom. The lowest BCUT2D eigenvalue weighted by molar-refractivity contribution is 0.0822. The number of carbonyl (C=O) groups is 1. The molecule has 294 valence electrons. The van der Waals surface area contributed by atoms with Crippen LogP contribution >= 0.6 is 23.2 Å². The number of allylic oxidation sites excluding steroid dienone is 2. The van der Waals surface area contributed by atoms with Crippen molar-refractivity contribution in [1.82, 2.24) is 29.2 Å². The number of hydrogen-bond donors (Lipinski definition) is 1. The monoisotopic (exact) mass is 801 g/mol. The van der Waals surface area contributed by atoms with Gasteiger partial charge >= 0.3 is 0 Å². The van der Waals surface area contributed by atoms with Gasteiger partial charge in [0.1, 0.15) is 0 Å². The predicted molar refractivity (Wildman–Crippen MR) is 233 cm³/mol. The Kier molecular flexibility index (Phi) is 10.4. The quantitative estimate of drug-likeness (QED) is 0.140. The second-order valence-corrected chi connectivity index (χ2v) is 16.4. The molecule has 2 atom stereocenters. The van der Waals surface area contributed by atoms with Gasteiger partial charge in [0, 0.05) is 102 Å². The molecule has 1 aliphatic heterocycles. The summed E-state index contributed by atoms with van der Waals surface area (Å²) in [5, 5.41) is 11.5. The summed E-state index contributed by atoms with van der Waals surface area (Å²) in [5.74, 6) is -0.135. The molecule has 5 heterocycles. The van der Waals surface area contributed by atoms with E-state index in [1.807, 2.05) is 62.1 Å².